The molecular formula is C13H15BrN4O. The second-order valence-electron chi connectivity index (χ2n) is 4.12. The van der Waals surface area contributed by atoms with Gasteiger partial charge in [-0.3, -0.25) is 9.36 Å². The van der Waals surface area contributed by atoms with E-state index >= 15 is 0 Å². The highest BCUT2D eigenvalue weighted by atomic mass is 79.9. The molecule has 0 saturated heterocycles. The minimum Gasteiger partial charge on any atom is -0.370 e. The van der Waals surface area contributed by atoms with Crippen molar-refractivity contribution in [3.63, 3.8) is 0 Å². The van der Waals surface area contributed by atoms with Crippen LogP contribution in [0.4, 0.5) is 5.82 Å². The SMILES string of the molecule is CCCNc1cccc(Cn2cncc(Br)c2=O)n1. The maximum absolute atomic E-state index is 11.9. The van der Waals surface area contributed by atoms with Crippen LogP contribution >= 0.6 is 15.9 Å². The van der Waals surface area contributed by atoms with Gasteiger partial charge in [0.15, 0.2) is 0 Å². The lowest BCUT2D eigenvalue weighted by Crippen LogP contribution is -2.21. The molecule has 0 aliphatic heterocycles. The number of hydrogen-bond donors (Lipinski definition) is 1. The van der Waals surface area contributed by atoms with Crippen molar-refractivity contribution in [2.24, 2.45) is 0 Å². The van der Waals surface area contributed by atoms with Crippen LogP contribution in [-0.4, -0.2) is 21.1 Å². The van der Waals surface area contributed by atoms with E-state index < -0.39 is 0 Å². The number of rotatable bonds is 5. The molecule has 0 saturated carbocycles. The van der Waals surface area contributed by atoms with Crippen LogP contribution in [0.3, 0.4) is 0 Å². The smallest absolute Gasteiger partial charge is 0.267 e. The number of halogens is 1. The summed E-state index contributed by atoms with van der Waals surface area (Å²) in [4.78, 5) is 20.3. The zero-order valence-corrected chi connectivity index (χ0v) is 12.2. The van der Waals surface area contributed by atoms with Crippen molar-refractivity contribution in [2.75, 3.05) is 11.9 Å². The van der Waals surface area contributed by atoms with Crippen molar-refractivity contribution < 1.29 is 0 Å². The van der Waals surface area contributed by atoms with E-state index in [-0.39, 0.29) is 5.56 Å². The topological polar surface area (TPSA) is 59.8 Å². The predicted octanol–water partition coefficient (Wildman–Crippen LogP) is 2.27. The zero-order chi connectivity index (χ0) is 13.7. The molecule has 0 aromatic carbocycles. The molecule has 2 aromatic heterocycles. The van der Waals surface area contributed by atoms with Gasteiger partial charge < -0.3 is 5.32 Å². The predicted molar refractivity (Wildman–Crippen MR) is 78.3 cm³/mol. The third kappa shape index (κ3) is 3.64. The summed E-state index contributed by atoms with van der Waals surface area (Å²) in [6.07, 6.45) is 4.05. The van der Waals surface area contributed by atoms with E-state index in [2.05, 4.69) is 38.1 Å². The number of nitrogens with one attached hydrogen (secondary N) is 1. The van der Waals surface area contributed by atoms with Gasteiger partial charge in [0.05, 0.1) is 18.6 Å². The Hall–Kier alpha value is -1.69. The normalized spacial score (nSPS) is 10.4. The highest BCUT2D eigenvalue weighted by Gasteiger charge is 2.03. The Morgan fingerprint density at radius 3 is 3.05 bits per heavy atom. The molecule has 2 aromatic rings. The molecule has 0 radical (unpaired) electrons. The van der Waals surface area contributed by atoms with Gasteiger partial charge in [-0.25, -0.2) is 9.97 Å². The fraction of sp³-hybridized carbons (Fsp3) is 0.308. The third-order valence-electron chi connectivity index (χ3n) is 2.55. The lowest BCUT2D eigenvalue weighted by atomic mass is 10.3. The van der Waals surface area contributed by atoms with Gasteiger partial charge in [-0.1, -0.05) is 13.0 Å². The summed E-state index contributed by atoms with van der Waals surface area (Å²) >= 11 is 3.18. The summed E-state index contributed by atoms with van der Waals surface area (Å²) in [5, 5.41) is 3.22. The van der Waals surface area contributed by atoms with E-state index in [1.54, 1.807) is 0 Å². The first-order valence-corrected chi connectivity index (χ1v) is 6.89. The van der Waals surface area contributed by atoms with E-state index in [1.165, 1.54) is 17.1 Å². The van der Waals surface area contributed by atoms with Crippen molar-refractivity contribution in [3.05, 3.63) is 51.2 Å². The summed E-state index contributed by atoms with van der Waals surface area (Å²) in [6, 6.07) is 5.74. The second kappa shape index (κ2) is 6.47. The van der Waals surface area contributed by atoms with Gasteiger partial charge in [0.25, 0.3) is 5.56 Å². The second-order valence-corrected chi connectivity index (χ2v) is 4.97. The maximum Gasteiger partial charge on any atom is 0.267 e. The monoisotopic (exact) mass is 322 g/mol. The lowest BCUT2D eigenvalue weighted by molar-refractivity contribution is 0.714. The van der Waals surface area contributed by atoms with Crippen LogP contribution in [0.1, 0.15) is 19.0 Å². The van der Waals surface area contributed by atoms with Crippen LogP contribution in [0, 0.1) is 0 Å². The molecule has 100 valence electrons. The summed E-state index contributed by atoms with van der Waals surface area (Å²) < 4.78 is 1.98. The Kier molecular flexibility index (Phi) is 4.68. The molecule has 0 bridgehead atoms. The molecule has 0 fully saturated rings. The van der Waals surface area contributed by atoms with Gasteiger partial charge in [-0.15, -0.1) is 0 Å². The number of aromatic nitrogens is 3. The molecule has 19 heavy (non-hydrogen) atoms. The lowest BCUT2D eigenvalue weighted by Gasteiger charge is -2.08. The molecule has 0 spiro atoms. The molecule has 5 nitrogen and oxygen atoms in total. The fourth-order valence-electron chi connectivity index (χ4n) is 1.63. The molecule has 1 N–H and O–H groups in total. The Morgan fingerprint density at radius 2 is 2.26 bits per heavy atom. The highest BCUT2D eigenvalue weighted by molar-refractivity contribution is 9.10. The van der Waals surface area contributed by atoms with E-state index in [0.717, 1.165) is 24.5 Å². The van der Waals surface area contributed by atoms with Gasteiger partial charge in [0, 0.05) is 12.7 Å². The minimum absolute atomic E-state index is 0.108. The van der Waals surface area contributed by atoms with Crippen LogP contribution in [0.25, 0.3) is 0 Å². The number of anilines is 1. The molecular weight excluding hydrogens is 308 g/mol. The van der Waals surface area contributed by atoms with E-state index in [0.29, 0.717) is 11.0 Å². The summed E-state index contributed by atoms with van der Waals surface area (Å²) in [5.74, 6) is 0.829. The first kappa shape index (κ1) is 13.7. The Bertz CT molecular complexity index is 612. The Balaban J connectivity index is 2.19. The van der Waals surface area contributed by atoms with Crippen molar-refractivity contribution >= 4 is 21.7 Å². The third-order valence-corrected chi connectivity index (χ3v) is 3.10. The van der Waals surface area contributed by atoms with Crippen molar-refractivity contribution in [3.8, 4) is 0 Å². The van der Waals surface area contributed by atoms with Gasteiger partial charge in [0.2, 0.25) is 0 Å². The van der Waals surface area contributed by atoms with Crippen LogP contribution in [0.2, 0.25) is 0 Å². The summed E-state index contributed by atoms with van der Waals surface area (Å²) in [5.41, 5.74) is 0.715. The maximum atomic E-state index is 11.9. The number of nitrogens with zero attached hydrogens (tertiary/aromatic N) is 3. The van der Waals surface area contributed by atoms with Crippen LogP contribution < -0.4 is 10.9 Å². The highest BCUT2D eigenvalue weighted by Crippen LogP contribution is 2.06. The van der Waals surface area contributed by atoms with Gasteiger partial charge in [0.1, 0.15) is 10.3 Å². The van der Waals surface area contributed by atoms with Gasteiger partial charge in [-0.05, 0) is 34.5 Å². The fourth-order valence-corrected chi connectivity index (χ4v) is 1.98. The van der Waals surface area contributed by atoms with Crippen molar-refractivity contribution in [2.45, 2.75) is 19.9 Å². The summed E-state index contributed by atoms with van der Waals surface area (Å²) in [6.45, 7) is 3.39. The first-order chi connectivity index (χ1) is 9.20. The molecule has 0 aliphatic rings. The average Bonchev–Trinajstić information content (AvgIpc) is 2.42. The van der Waals surface area contributed by atoms with Crippen molar-refractivity contribution in [1.82, 2.24) is 14.5 Å². The molecule has 0 aliphatic carbocycles. The molecule has 2 heterocycles. The minimum atomic E-state index is -0.108. The van der Waals surface area contributed by atoms with Crippen LogP contribution in [0.5, 0.6) is 0 Å². The number of pyridine rings is 1. The Morgan fingerprint density at radius 1 is 1.42 bits per heavy atom. The standard InChI is InChI=1S/C13H15BrN4O/c1-2-6-16-12-5-3-4-10(17-12)8-18-9-15-7-11(14)13(18)19/h3-5,7,9H,2,6,8H2,1H3,(H,16,17). The first-order valence-electron chi connectivity index (χ1n) is 6.10. The quantitative estimate of drug-likeness (QED) is 0.917. The molecule has 2 rings (SSSR count). The van der Waals surface area contributed by atoms with Crippen LogP contribution in [-0.2, 0) is 6.54 Å². The molecule has 6 heteroatoms. The van der Waals surface area contributed by atoms with E-state index in [9.17, 15) is 4.79 Å². The number of hydrogen-bond acceptors (Lipinski definition) is 4. The van der Waals surface area contributed by atoms with Gasteiger partial charge in [-0.2, -0.15) is 0 Å². The average molecular weight is 323 g/mol. The van der Waals surface area contributed by atoms with Gasteiger partial charge >= 0.3 is 0 Å². The Labute approximate surface area is 119 Å². The zero-order valence-electron chi connectivity index (χ0n) is 10.6. The molecule has 0 unspecified atom stereocenters. The van der Waals surface area contributed by atoms with Crippen molar-refractivity contribution in [1.29, 1.82) is 0 Å². The van der Waals surface area contributed by atoms with E-state index in [4.69, 9.17) is 0 Å². The largest absolute Gasteiger partial charge is 0.370 e. The molecule has 0 amide bonds. The van der Waals surface area contributed by atoms with Crippen LogP contribution in [0.15, 0.2) is 40.0 Å². The van der Waals surface area contributed by atoms with E-state index in [1.807, 2.05) is 18.2 Å². The summed E-state index contributed by atoms with van der Waals surface area (Å²) in [7, 11) is 0. The molecule has 0 atom stereocenters.